The van der Waals surface area contributed by atoms with Crippen LogP contribution in [0.15, 0.2) is 17.5 Å². The summed E-state index contributed by atoms with van der Waals surface area (Å²) in [6, 6.07) is 3.59. The molecule has 0 unspecified atom stereocenters. The van der Waals surface area contributed by atoms with E-state index in [9.17, 15) is 9.59 Å². The lowest BCUT2D eigenvalue weighted by Gasteiger charge is -2.21. The van der Waals surface area contributed by atoms with Crippen LogP contribution in [-0.2, 0) is 9.53 Å². The van der Waals surface area contributed by atoms with E-state index in [0.29, 0.717) is 29.6 Å². The molecule has 0 radical (unpaired) electrons. The van der Waals surface area contributed by atoms with E-state index < -0.39 is 0 Å². The molecule has 0 aliphatic rings. The molecule has 6 nitrogen and oxygen atoms in total. The molecule has 0 fully saturated rings. The number of thiophene rings is 1. The van der Waals surface area contributed by atoms with Crippen molar-refractivity contribution < 1.29 is 14.3 Å². The fourth-order valence-corrected chi connectivity index (χ4v) is 3.59. The van der Waals surface area contributed by atoms with Crippen LogP contribution < -0.4 is 5.32 Å². The number of nitrogens with one attached hydrogen (secondary N) is 1. The predicted molar refractivity (Wildman–Crippen MR) is 96.9 cm³/mol. The van der Waals surface area contributed by atoms with Gasteiger partial charge >= 0.3 is 0 Å². The van der Waals surface area contributed by atoms with Crippen molar-refractivity contribution in [2.75, 3.05) is 32.1 Å². The standard InChI is InChI=1S/C16H21N3O3S2/c1-11-12(2)24-16(17-11)18-14(20)10-19(7-5-8-22-3)15(21)13-6-4-9-23-13/h4,6,9H,5,7-8,10H2,1-3H3,(H,17,18,20). The van der Waals surface area contributed by atoms with Crippen molar-refractivity contribution in [3.8, 4) is 0 Å². The summed E-state index contributed by atoms with van der Waals surface area (Å²) in [7, 11) is 1.62. The van der Waals surface area contributed by atoms with Gasteiger partial charge in [-0.2, -0.15) is 0 Å². The first kappa shape index (κ1) is 18.6. The predicted octanol–water partition coefficient (Wildman–Crippen LogP) is 2.94. The first-order chi connectivity index (χ1) is 11.5. The third-order valence-electron chi connectivity index (χ3n) is 3.41. The second kappa shape index (κ2) is 8.91. The molecular weight excluding hydrogens is 346 g/mol. The van der Waals surface area contributed by atoms with E-state index in [2.05, 4.69) is 10.3 Å². The van der Waals surface area contributed by atoms with E-state index in [1.165, 1.54) is 22.7 Å². The number of anilines is 1. The van der Waals surface area contributed by atoms with Gasteiger partial charge in [0.15, 0.2) is 5.13 Å². The number of hydrogen-bond donors (Lipinski definition) is 1. The Kier molecular flexibility index (Phi) is 6.89. The molecule has 2 aromatic heterocycles. The molecule has 0 saturated heterocycles. The monoisotopic (exact) mass is 367 g/mol. The van der Waals surface area contributed by atoms with Gasteiger partial charge in [0.2, 0.25) is 5.91 Å². The highest BCUT2D eigenvalue weighted by atomic mass is 32.1. The van der Waals surface area contributed by atoms with Crippen molar-refractivity contribution in [2.24, 2.45) is 0 Å². The number of ether oxygens (including phenoxy) is 1. The molecule has 0 saturated carbocycles. The molecule has 0 bridgehead atoms. The van der Waals surface area contributed by atoms with Gasteiger partial charge in [0.25, 0.3) is 5.91 Å². The molecule has 2 amide bonds. The molecule has 0 atom stereocenters. The summed E-state index contributed by atoms with van der Waals surface area (Å²) >= 11 is 2.80. The van der Waals surface area contributed by atoms with E-state index in [4.69, 9.17) is 4.74 Å². The number of carbonyl (C=O) groups is 2. The first-order valence-corrected chi connectivity index (χ1v) is 9.26. The minimum Gasteiger partial charge on any atom is -0.385 e. The maximum absolute atomic E-state index is 12.5. The summed E-state index contributed by atoms with van der Waals surface area (Å²) in [5.41, 5.74) is 0.905. The Bertz CT molecular complexity index is 663. The van der Waals surface area contributed by atoms with Crippen LogP contribution >= 0.6 is 22.7 Å². The molecule has 24 heavy (non-hydrogen) atoms. The van der Waals surface area contributed by atoms with E-state index >= 15 is 0 Å². The number of hydrogen-bond acceptors (Lipinski definition) is 6. The van der Waals surface area contributed by atoms with Gasteiger partial charge in [-0.15, -0.1) is 22.7 Å². The maximum atomic E-state index is 12.5. The number of nitrogens with zero attached hydrogens (tertiary/aromatic N) is 2. The van der Waals surface area contributed by atoms with E-state index in [1.807, 2.05) is 25.3 Å². The van der Waals surface area contributed by atoms with E-state index in [0.717, 1.165) is 10.6 Å². The lowest BCUT2D eigenvalue weighted by atomic mass is 10.3. The lowest BCUT2D eigenvalue weighted by molar-refractivity contribution is -0.116. The quantitative estimate of drug-likeness (QED) is 0.728. The SMILES string of the molecule is COCCCN(CC(=O)Nc1nc(C)c(C)s1)C(=O)c1cccs1. The molecule has 0 aliphatic heterocycles. The average molecular weight is 367 g/mol. The molecular formula is C16H21N3O3S2. The first-order valence-electron chi connectivity index (χ1n) is 7.57. The van der Waals surface area contributed by atoms with Crippen LogP contribution in [0.4, 0.5) is 5.13 Å². The van der Waals surface area contributed by atoms with Gasteiger partial charge in [0, 0.05) is 25.1 Å². The van der Waals surface area contributed by atoms with Crippen molar-refractivity contribution in [3.05, 3.63) is 33.0 Å². The Morgan fingerprint density at radius 2 is 2.17 bits per heavy atom. The van der Waals surface area contributed by atoms with Crippen LogP contribution in [0.5, 0.6) is 0 Å². The molecule has 2 heterocycles. The van der Waals surface area contributed by atoms with Crippen LogP contribution in [0.2, 0.25) is 0 Å². The number of amides is 2. The molecule has 0 aliphatic carbocycles. The highest BCUT2D eigenvalue weighted by molar-refractivity contribution is 7.15. The van der Waals surface area contributed by atoms with Gasteiger partial charge in [-0.1, -0.05) is 6.07 Å². The number of thiazole rings is 1. The summed E-state index contributed by atoms with van der Waals surface area (Å²) in [6.07, 6.45) is 0.677. The highest BCUT2D eigenvalue weighted by Gasteiger charge is 2.20. The molecule has 8 heteroatoms. The summed E-state index contributed by atoms with van der Waals surface area (Å²) < 4.78 is 5.03. The third-order valence-corrected chi connectivity index (χ3v) is 5.25. The fourth-order valence-electron chi connectivity index (χ4n) is 2.07. The van der Waals surface area contributed by atoms with Crippen molar-refractivity contribution in [1.29, 1.82) is 0 Å². The van der Waals surface area contributed by atoms with Crippen molar-refractivity contribution in [3.63, 3.8) is 0 Å². The van der Waals surface area contributed by atoms with Gasteiger partial charge in [-0.05, 0) is 31.7 Å². The van der Waals surface area contributed by atoms with Crippen LogP contribution in [0.25, 0.3) is 0 Å². The van der Waals surface area contributed by atoms with Crippen LogP contribution in [-0.4, -0.2) is 48.5 Å². The summed E-state index contributed by atoms with van der Waals surface area (Å²) in [4.78, 5) is 32.4. The average Bonchev–Trinajstić information content (AvgIpc) is 3.16. The zero-order chi connectivity index (χ0) is 17.5. The zero-order valence-electron chi connectivity index (χ0n) is 14.0. The lowest BCUT2D eigenvalue weighted by Crippen LogP contribution is -2.38. The van der Waals surface area contributed by atoms with E-state index in [1.54, 1.807) is 18.1 Å². The third kappa shape index (κ3) is 5.12. The maximum Gasteiger partial charge on any atom is 0.264 e. The van der Waals surface area contributed by atoms with Gasteiger partial charge in [0.05, 0.1) is 10.6 Å². The van der Waals surface area contributed by atoms with Gasteiger partial charge < -0.3 is 15.0 Å². The van der Waals surface area contributed by atoms with Crippen LogP contribution in [0.3, 0.4) is 0 Å². The van der Waals surface area contributed by atoms with Gasteiger partial charge in [0.1, 0.15) is 6.54 Å². The minimum atomic E-state index is -0.244. The van der Waals surface area contributed by atoms with Gasteiger partial charge in [-0.25, -0.2) is 4.98 Å². The molecule has 2 rings (SSSR count). The summed E-state index contributed by atoms with van der Waals surface area (Å²) in [5.74, 6) is -0.381. The topological polar surface area (TPSA) is 71.5 Å². The molecule has 0 spiro atoms. The Balaban J connectivity index is 2.00. The molecule has 0 aromatic carbocycles. The summed E-state index contributed by atoms with van der Waals surface area (Å²) in [6.45, 7) is 4.87. The smallest absolute Gasteiger partial charge is 0.264 e. The second-order valence-corrected chi connectivity index (χ2v) is 7.41. The van der Waals surface area contributed by atoms with Crippen molar-refractivity contribution >= 4 is 39.6 Å². The number of carbonyl (C=O) groups excluding carboxylic acids is 2. The number of aromatic nitrogens is 1. The Labute approximate surface area is 149 Å². The molecule has 1 N–H and O–H groups in total. The number of rotatable bonds is 8. The summed E-state index contributed by atoms with van der Waals surface area (Å²) in [5, 5.41) is 5.19. The zero-order valence-corrected chi connectivity index (χ0v) is 15.6. The largest absolute Gasteiger partial charge is 0.385 e. The molecule has 130 valence electrons. The highest BCUT2D eigenvalue weighted by Crippen LogP contribution is 2.21. The Hall–Kier alpha value is -1.77. The van der Waals surface area contributed by atoms with Crippen molar-refractivity contribution in [2.45, 2.75) is 20.3 Å². The fraction of sp³-hybridized carbons (Fsp3) is 0.438. The van der Waals surface area contributed by atoms with E-state index in [-0.39, 0.29) is 18.4 Å². The Morgan fingerprint density at radius 3 is 2.75 bits per heavy atom. The van der Waals surface area contributed by atoms with Crippen LogP contribution in [0.1, 0.15) is 26.7 Å². The second-order valence-electron chi connectivity index (χ2n) is 5.26. The van der Waals surface area contributed by atoms with Gasteiger partial charge in [-0.3, -0.25) is 9.59 Å². The minimum absolute atomic E-state index is 0.00186. The van der Waals surface area contributed by atoms with Crippen molar-refractivity contribution in [1.82, 2.24) is 9.88 Å². The molecule has 2 aromatic rings. The Morgan fingerprint density at radius 1 is 1.38 bits per heavy atom. The van der Waals surface area contributed by atoms with Crippen LogP contribution in [0, 0.1) is 13.8 Å². The number of aryl methyl sites for hydroxylation is 2. The normalized spacial score (nSPS) is 10.6. The number of methoxy groups -OCH3 is 1.